The van der Waals surface area contributed by atoms with Crippen molar-refractivity contribution in [3.63, 3.8) is 0 Å². The molecule has 0 aliphatic carbocycles. The predicted octanol–water partition coefficient (Wildman–Crippen LogP) is 3.82. The molecule has 0 fully saturated rings. The Bertz CT molecular complexity index is 680. The van der Waals surface area contributed by atoms with E-state index in [4.69, 9.17) is 9.52 Å². The van der Waals surface area contributed by atoms with E-state index < -0.39 is 11.9 Å². The van der Waals surface area contributed by atoms with Gasteiger partial charge in [-0.1, -0.05) is 15.9 Å². The van der Waals surface area contributed by atoms with Crippen LogP contribution in [0.15, 0.2) is 44.3 Å². The highest BCUT2D eigenvalue weighted by atomic mass is 79.9. The van der Waals surface area contributed by atoms with Crippen LogP contribution in [0.2, 0.25) is 0 Å². The average molecular weight is 371 g/mol. The van der Waals surface area contributed by atoms with Crippen LogP contribution in [-0.2, 0) is 10.5 Å². The smallest absolute Gasteiger partial charge is 0.341 e. The lowest BCUT2D eigenvalue weighted by Crippen LogP contribution is -2.03. The van der Waals surface area contributed by atoms with Gasteiger partial charge >= 0.3 is 11.9 Å². The molecule has 0 aliphatic heterocycles. The van der Waals surface area contributed by atoms with Crippen molar-refractivity contribution in [2.24, 2.45) is 0 Å². The lowest BCUT2D eigenvalue weighted by Gasteiger charge is -2.06. The topological polar surface area (TPSA) is 76.7 Å². The number of hydrogen-bond acceptors (Lipinski definition) is 5. The molecule has 0 aliphatic rings. The molecule has 1 heterocycles. The van der Waals surface area contributed by atoms with Crippen LogP contribution in [0, 0.1) is 0 Å². The minimum absolute atomic E-state index is 0.203. The second-order valence-corrected chi connectivity index (χ2v) is 5.92. The number of carbonyl (C=O) groups is 2. The van der Waals surface area contributed by atoms with Gasteiger partial charge in [0.25, 0.3) is 0 Å². The molecule has 2 aromatic rings. The van der Waals surface area contributed by atoms with Gasteiger partial charge in [-0.05, 0) is 24.3 Å². The molecule has 0 bridgehead atoms. The van der Waals surface area contributed by atoms with Gasteiger partial charge in [-0.25, -0.2) is 9.59 Å². The zero-order chi connectivity index (χ0) is 15.4. The number of carbonyl (C=O) groups excluding carboxylic acids is 1. The fourth-order valence-corrected chi connectivity index (χ4v) is 3.22. The van der Waals surface area contributed by atoms with Gasteiger partial charge in [0.2, 0.25) is 0 Å². The van der Waals surface area contributed by atoms with Crippen molar-refractivity contribution in [2.75, 3.05) is 7.11 Å². The fourth-order valence-electron chi connectivity index (χ4n) is 1.68. The van der Waals surface area contributed by atoms with Gasteiger partial charge < -0.3 is 14.3 Å². The molecule has 0 saturated carbocycles. The molecule has 5 nitrogen and oxygen atoms in total. The Balaban J connectivity index is 2.21. The van der Waals surface area contributed by atoms with Gasteiger partial charge in [-0.3, -0.25) is 0 Å². The second kappa shape index (κ2) is 6.82. The molecule has 2 rings (SSSR count). The molecule has 110 valence electrons. The van der Waals surface area contributed by atoms with Crippen molar-refractivity contribution in [1.29, 1.82) is 0 Å². The Labute approximate surface area is 133 Å². The maximum Gasteiger partial charge on any atom is 0.341 e. The first-order chi connectivity index (χ1) is 10.0. The largest absolute Gasteiger partial charge is 0.478 e. The third-order valence-electron chi connectivity index (χ3n) is 2.68. The molecule has 1 aromatic carbocycles. The number of aromatic carboxylic acids is 1. The summed E-state index contributed by atoms with van der Waals surface area (Å²) >= 11 is 4.59. The van der Waals surface area contributed by atoms with Gasteiger partial charge in [0.15, 0.2) is 0 Å². The van der Waals surface area contributed by atoms with Gasteiger partial charge in [0, 0.05) is 9.37 Å². The third kappa shape index (κ3) is 3.68. The molecule has 1 aromatic heterocycles. The highest BCUT2D eigenvalue weighted by Gasteiger charge is 2.17. The van der Waals surface area contributed by atoms with Crippen molar-refractivity contribution in [1.82, 2.24) is 0 Å². The highest BCUT2D eigenvalue weighted by molar-refractivity contribution is 9.10. The SMILES string of the molecule is COC(=O)c1ccoc1CSc1cc(Br)ccc1C(=O)O. The second-order valence-electron chi connectivity index (χ2n) is 3.98. The van der Waals surface area contributed by atoms with Gasteiger partial charge in [0.1, 0.15) is 11.3 Å². The number of thioether (sulfide) groups is 1. The molecule has 0 spiro atoms. The molecular weight excluding hydrogens is 360 g/mol. The van der Waals surface area contributed by atoms with E-state index in [1.165, 1.54) is 37.3 Å². The summed E-state index contributed by atoms with van der Waals surface area (Å²) in [6.07, 6.45) is 1.40. The summed E-state index contributed by atoms with van der Waals surface area (Å²) in [5.41, 5.74) is 0.547. The lowest BCUT2D eigenvalue weighted by atomic mass is 10.2. The van der Waals surface area contributed by atoms with E-state index in [2.05, 4.69) is 20.7 Å². The van der Waals surface area contributed by atoms with Crippen molar-refractivity contribution in [3.05, 3.63) is 51.9 Å². The molecule has 1 N–H and O–H groups in total. The van der Waals surface area contributed by atoms with Gasteiger partial charge in [-0.2, -0.15) is 0 Å². The average Bonchev–Trinajstić information content (AvgIpc) is 2.92. The molecule has 0 amide bonds. The maximum atomic E-state index is 11.5. The van der Waals surface area contributed by atoms with Crippen LogP contribution in [-0.4, -0.2) is 24.2 Å². The number of carboxylic acid groups (broad SMARTS) is 1. The Hall–Kier alpha value is -1.73. The molecule has 7 heteroatoms. The number of benzene rings is 1. The van der Waals surface area contributed by atoms with E-state index >= 15 is 0 Å². The third-order valence-corrected chi connectivity index (χ3v) is 4.23. The van der Waals surface area contributed by atoms with Crippen LogP contribution in [0.1, 0.15) is 26.5 Å². The quantitative estimate of drug-likeness (QED) is 0.636. The minimum Gasteiger partial charge on any atom is -0.478 e. The highest BCUT2D eigenvalue weighted by Crippen LogP contribution is 2.30. The van der Waals surface area contributed by atoms with Crippen molar-refractivity contribution in [2.45, 2.75) is 10.6 Å². The van der Waals surface area contributed by atoms with Crippen LogP contribution in [0.5, 0.6) is 0 Å². The zero-order valence-corrected chi connectivity index (χ0v) is 13.4. The van der Waals surface area contributed by atoms with Crippen molar-refractivity contribution >= 4 is 39.6 Å². The van der Waals surface area contributed by atoms with Crippen LogP contribution < -0.4 is 0 Å². The number of rotatable bonds is 5. The lowest BCUT2D eigenvalue weighted by molar-refractivity contribution is 0.0597. The van der Waals surface area contributed by atoms with Gasteiger partial charge in [0.05, 0.1) is 24.7 Å². The first kappa shape index (κ1) is 15.7. The Kier molecular flexibility index (Phi) is 5.08. The summed E-state index contributed by atoms with van der Waals surface area (Å²) in [5, 5.41) is 9.17. The summed E-state index contributed by atoms with van der Waals surface area (Å²) in [6, 6.07) is 6.44. The first-order valence-electron chi connectivity index (χ1n) is 5.83. The Morgan fingerprint density at radius 2 is 2.10 bits per heavy atom. The number of ether oxygens (including phenoxy) is 1. The Morgan fingerprint density at radius 1 is 1.33 bits per heavy atom. The first-order valence-corrected chi connectivity index (χ1v) is 7.61. The monoisotopic (exact) mass is 370 g/mol. The summed E-state index contributed by atoms with van der Waals surface area (Å²) < 4.78 is 10.7. The van der Waals surface area contributed by atoms with E-state index in [1.54, 1.807) is 12.1 Å². The van der Waals surface area contributed by atoms with Crippen molar-refractivity contribution in [3.8, 4) is 0 Å². The summed E-state index contributed by atoms with van der Waals surface area (Å²) in [7, 11) is 1.29. The number of furan rings is 1. The Morgan fingerprint density at radius 3 is 2.76 bits per heavy atom. The fraction of sp³-hybridized carbons (Fsp3) is 0.143. The number of esters is 1. The summed E-state index contributed by atoms with van der Waals surface area (Å²) in [5.74, 6) is -0.707. The number of hydrogen-bond donors (Lipinski definition) is 1. The summed E-state index contributed by atoms with van der Waals surface area (Å²) in [4.78, 5) is 23.3. The van der Waals surface area contributed by atoms with Crippen LogP contribution in [0.25, 0.3) is 0 Å². The molecular formula is C14H11BrO5S. The van der Waals surface area contributed by atoms with Crippen LogP contribution in [0.3, 0.4) is 0 Å². The number of carboxylic acids is 1. The minimum atomic E-state index is -1.00. The van der Waals surface area contributed by atoms with Crippen LogP contribution >= 0.6 is 27.7 Å². The van der Waals surface area contributed by atoms with Crippen LogP contribution in [0.4, 0.5) is 0 Å². The predicted molar refractivity (Wildman–Crippen MR) is 80.7 cm³/mol. The van der Waals surface area contributed by atoms with E-state index in [-0.39, 0.29) is 5.56 Å². The molecule has 21 heavy (non-hydrogen) atoms. The molecule has 0 atom stereocenters. The maximum absolute atomic E-state index is 11.5. The van der Waals surface area contributed by atoms with Gasteiger partial charge in [-0.15, -0.1) is 11.8 Å². The normalized spacial score (nSPS) is 10.4. The molecule has 0 saturated heterocycles. The zero-order valence-electron chi connectivity index (χ0n) is 11.0. The van der Waals surface area contributed by atoms with E-state index in [0.717, 1.165) is 4.47 Å². The molecule has 0 unspecified atom stereocenters. The number of methoxy groups -OCH3 is 1. The number of halogens is 1. The standard InChI is InChI=1S/C14H11BrO5S/c1-19-14(18)9-4-5-20-11(9)7-21-12-6-8(15)2-3-10(12)13(16)17/h2-6H,7H2,1H3,(H,16,17). The van der Waals surface area contributed by atoms with Crippen molar-refractivity contribution < 1.29 is 23.8 Å². The van der Waals surface area contributed by atoms with E-state index in [9.17, 15) is 9.59 Å². The van der Waals surface area contributed by atoms with E-state index in [1.807, 2.05) is 0 Å². The molecule has 0 radical (unpaired) electrons. The summed E-state index contributed by atoms with van der Waals surface area (Å²) in [6.45, 7) is 0. The van der Waals surface area contributed by atoms with E-state index in [0.29, 0.717) is 22.0 Å².